The number of hydrogen-bond acceptors (Lipinski definition) is 8. The van der Waals surface area contributed by atoms with E-state index in [0.717, 1.165) is 78.7 Å². The van der Waals surface area contributed by atoms with Crippen molar-refractivity contribution in [1.29, 1.82) is 0 Å². The van der Waals surface area contributed by atoms with Gasteiger partial charge in [0, 0.05) is 36.9 Å². The Morgan fingerprint density at radius 2 is 1.28 bits per heavy atom. The van der Waals surface area contributed by atoms with Crippen molar-refractivity contribution < 1.29 is 24.6 Å². The number of aromatic nitrogens is 2. The highest BCUT2D eigenvalue weighted by molar-refractivity contribution is 6.05. The fourth-order valence-electron chi connectivity index (χ4n) is 7.42. The number of aliphatic hydroxyl groups excluding tert-OH is 1. The number of pyridine rings is 2. The van der Waals surface area contributed by atoms with Crippen molar-refractivity contribution in [2.75, 3.05) is 30.3 Å². The average Bonchev–Trinajstić information content (AvgIpc) is 4.11. The second kappa shape index (κ2) is 15.8. The van der Waals surface area contributed by atoms with Crippen molar-refractivity contribution >= 4 is 29.2 Å². The van der Waals surface area contributed by atoms with Gasteiger partial charge in [0.05, 0.1) is 6.61 Å². The molecule has 11 heteroatoms. The first kappa shape index (κ1) is 37.3. The van der Waals surface area contributed by atoms with E-state index >= 15 is 0 Å². The number of hydrogen-bond donors (Lipinski definition) is 5. The molecule has 1 saturated heterocycles. The molecule has 0 bridgehead atoms. The SMILES string of the molecule is Cc1c(NC(=O)c2cc(C3CC3)c(CN[C@@](C)(CO)C(=O)O)cn2)cccc1-c1cccc(NC(=O)c2cc(C3CC3)c(CN3CCCCC3)cn2)c1C. The molecule has 11 nitrogen and oxygen atoms in total. The van der Waals surface area contributed by atoms with Crippen LogP contribution in [0.25, 0.3) is 11.1 Å². The molecule has 54 heavy (non-hydrogen) atoms. The molecule has 3 fully saturated rings. The number of amides is 2. The van der Waals surface area contributed by atoms with Gasteiger partial charge in [0.15, 0.2) is 0 Å². The molecule has 0 unspecified atom stereocenters. The normalized spacial score (nSPS) is 17.1. The quantitative estimate of drug-likeness (QED) is 0.0929. The van der Waals surface area contributed by atoms with Crippen LogP contribution in [-0.4, -0.2) is 68.1 Å². The predicted molar refractivity (Wildman–Crippen MR) is 209 cm³/mol. The predicted octanol–water partition coefficient (Wildman–Crippen LogP) is 6.93. The van der Waals surface area contributed by atoms with Crippen LogP contribution in [0.3, 0.4) is 0 Å². The van der Waals surface area contributed by atoms with Gasteiger partial charge in [-0.3, -0.25) is 34.6 Å². The number of anilines is 2. The van der Waals surface area contributed by atoms with Crippen LogP contribution >= 0.6 is 0 Å². The number of piperidine rings is 1. The first-order chi connectivity index (χ1) is 26.0. The van der Waals surface area contributed by atoms with Crippen LogP contribution < -0.4 is 16.0 Å². The van der Waals surface area contributed by atoms with Gasteiger partial charge < -0.3 is 20.8 Å². The number of benzene rings is 2. The molecule has 3 aliphatic rings. The van der Waals surface area contributed by atoms with Crippen molar-refractivity contribution in [1.82, 2.24) is 20.2 Å². The Morgan fingerprint density at radius 3 is 1.76 bits per heavy atom. The van der Waals surface area contributed by atoms with Crippen molar-refractivity contribution in [3.8, 4) is 11.1 Å². The lowest BCUT2D eigenvalue weighted by Gasteiger charge is -2.27. The van der Waals surface area contributed by atoms with Gasteiger partial charge in [-0.05, 0) is 153 Å². The molecule has 4 aromatic rings. The number of nitrogens with zero attached hydrogens (tertiary/aromatic N) is 3. The summed E-state index contributed by atoms with van der Waals surface area (Å²) in [5, 5.41) is 28.3. The third-order valence-corrected chi connectivity index (χ3v) is 11.3. The molecule has 2 amide bonds. The van der Waals surface area contributed by atoms with Gasteiger partial charge in [-0.25, -0.2) is 0 Å². The molecule has 7 rings (SSSR count). The first-order valence-electron chi connectivity index (χ1n) is 19.2. The van der Waals surface area contributed by atoms with E-state index in [2.05, 4.69) is 30.8 Å². The second-order valence-corrected chi connectivity index (χ2v) is 15.4. The first-order valence-corrected chi connectivity index (χ1v) is 19.2. The van der Waals surface area contributed by atoms with E-state index in [0.29, 0.717) is 23.0 Å². The van der Waals surface area contributed by atoms with Gasteiger partial charge in [0.25, 0.3) is 11.8 Å². The lowest BCUT2D eigenvalue weighted by molar-refractivity contribution is -0.145. The minimum absolute atomic E-state index is 0.202. The van der Waals surface area contributed by atoms with Crippen molar-refractivity contribution in [2.24, 2.45) is 0 Å². The number of carboxylic acids is 1. The maximum Gasteiger partial charge on any atom is 0.326 e. The Balaban J connectivity index is 1.06. The number of nitrogens with one attached hydrogen (secondary N) is 3. The summed E-state index contributed by atoms with van der Waals surface area (Å²) in [4.78, 5) is 50.5. The smallest absolute Gasteiger partial charge is 0.326 e. The zero-order valence-electron chi connectivity index (χ0n) is 31.4. The fraction of sp³-hybridized carbons (Fsp3) is 0.419. The van der Waals surface area contributed by atoms with Crippen LogP contribution in [0, 0.1) is 13.8 Å². The topological polar surface area (TPSA) is 157 Å². The number of carboxylic acid groups (broad SMARTS) is 1. The highest BCUT2D eigenvalue weighted by Crippen LogP contribution is 2.43. The number of carbonyl (C=O) groups excluding carboxylic acids is 2. The third-order valence-electron chi connectivity index (χ3n) is 11.3. The van der Waals surface area contributed by atoms with E-state index in [9.17, 15) is 24.6 Å². The van der Waals surface area contributed by atoms with E-state index < -0.39 is 18.1 Å². The van der Waals surface area contributed by atoms with Gasteiger partial charge in [-0.15, -0.1) is 0 Å². The molecule has 2 aromatic heterocycles. The Hall–Kier alpha value is -4.97. The molecule has 5 N–H and O–H groups in total. The number of carbonyl (C=O) groups is 3. The fourth-order valence-corrected chi connectivity index (χ4v) is 7.42. The zero-order valence-corrected chi connectivity index (χ0v) is 31.4. The molecule has 0 spiro atoms. The molecule has 2 aliphatic carbocycles. The minimum Gasteiger partial charge on any atom is -0.480 e. The number of aliphatic hydroxyl groups is 1. The van der Waals surface area contributed by atoms with Crippen molar-refractivity contribution in [2.45, 2.75) is 96.2 Å². The molecule has 0 radical (unpaired) electrons. The highest BCUT2D eigenvalue weighted by atomic mass is 16.4. The largest absolute Gasteiger partial charge is 0.480 e. The highest BCUT2D eigenvalue weighted by Gasteiger charge is 2.34. The summed E-state index contributed by atoms with van der Waals surface area (Å²) in [7, 11) is 0. The van der Waals surface area contributed by atoms with E-state index in [4.69, 9.17) is 0 Å². The summed E-state index contributed by atoms with van der Waals surface area (Å²) < 4.78 is 0. The molecule has 2 aromatic carbocycles. The van der Waals surface area contributed by atoms with Gasteiger partial charge in [0.2, 0.25) is 0 Å². The van der Waals surface area contributed by atoms with Crippen molar-refractivity contribution in [3.05, 3.63) is 106 Å². The number of rotatable bonds is 14. The molecule has 1 aliphatic heterocycles. The number of likely N-dealkylation sites (tertiary alicyclic amines) is 1. The number of aliphatic carboxylic acids is 1. The molecule has 3 heterocycles. The Labute approximate surface area is 316 Å². The Bertz CT molecular complexity index is 2070. The summed E-state index contributed by atoms with van der Waals surface area (Å²) >= 11 is 0. The minimum atomic E-state index is -1.49. The Kier molecular flexibility index (Phi) is 10.9. The summed E-state index contributed by atoms with van der Waals surface area (Å²) in [6, 6.07) is 15.4. The summed E-state index contributed by atoms with van der Waals surface area (Å²) in [5.74, 6) is -0.937. The summed E-state index contributed by atoms with van der Waals surface area (Å²) in [5.41, 5.74) is 8.46. The van der Waals surface area contributed by atoms with Crippen LogP contribution in [0.2, 0.25) is 0 Å². The monoisotopic (exact) mass is 730 g/mol. The maximum atomic E-state index is 13.6. The molecule has 2 saturated carbocycles. The lowest BCUT2D eigenvalue weighted by Crippen LogP contribution is -2.52. The standard InChI is InChI=1S/C43H50N6O5/c1-26-32(9-7-11-36(26)47-40(51)38-19-34(28-13-14-28)30(21-44-38)23-46-43(3,25-50)42(53)54)33-10-8-12-37(27(33)2)48-41(52)39-20-35(29-15-16-29)31(22-45-39)24-49-17-5-4-6-18-49/h7-12,19-22,28-29,46,50H,4-6,13-18,23-25H2,1-3H3,(H,47,51)(H,48,52)(H,53,54)/t43-/m0/s1. The average molecular weight is 731 g/mol. The van der Waals surface area contributed by atoms with Gasteiger partial charge >= 0.3 is 5.97 Å². The molecular formula is C43H50N6O5. The lowest BCUT2D eigenvalue weighted by atomic mass is 9.94. The third kappa shape index (κ3) is 8.23. The second-order valence-electron chi connectivity index (χ2n) is 15.4. The van der Waals surface area contributed by atoms with E-state index in [1.54, 1.807) is 12.3 Å². The Morgan fingerprint density at radius 1 is 0.778 bits per heavy atom. The van der Waals surface area contributed by atoms with Gasteiger partial charge in [-0.1, -0.05) is 30.7 Å². The van der Waals surface area contributed by atoms with Crippen LogP contribution in [-0.2, 0) is 17.9 Å². The summed E-state index contributed by atoms with van der Waals surface area (Å²) in [6.45, 7) is 8.15. The molecular weight excluding hydrogens is 681 g/mol. The van der Waals surface area contributed by atoms with Gasteiger partial charge in [0.1, 0.15) is 16.9 Å². The molecule has 1 atom stereocenters. The van der Waals surface area contributed by atoms with E-state index in [-0.39, 0.29) is 30.0 Å². The maximum absolute atomic E-state index is 13.6. The van der Waals surface area contributed by atoms with Crippen LogP contribution in [0.5, 0.6) is 0 Å². The van der Waals surface area contributed by atoms with Gasteiger partial charge in [-0.2, -0.15) is 0 Å². The van der Waals surface area contributed by atoms with E-state index in [1.165, 1.54) is 37.3 Å². The van der Waals surface area contributed by atoms with E-state index in [1.807, 2.05) is 62.5 Å². The molecule has 282 valence electrons. The van der Waals surface area contributed by atoms with Crippen LogP contribution in [0.4, 0.5) is 11.4 Å². The van der Waals surface area contributed by atoms with Crippen LogP contribution in [0.1, 0.15) is 118 Å². The van der Waals surface area contributed by atoms with Crippen LogP contribution in [0.15, 0.2) is 60.9 Å². The van der Waals surface area contributed by atoms with Crippen molar-refractivity contribution in [3.63, 3.8) is 0 Å². The summed E-state index contributed by atoms with van der Waals surface area (Å²) in [6.07, 6.45) is 11.6. The zero-order chi connectivity index (χ0) is 38.0.